The van der Waals surface area contributed by atoms with Crippen molar-refractivity contribution >= 4 is 27.3 Å². The van der Waals surface area contributed by atoms with Gasteiger partial charge in [0.15, 0.2) is 0 Å². The number of nitrogens with zero attached hydrogens (tertiary/aromatic N) is 1. The van der Waals surface area contributed by atoms with E-state index in [9.17, 15) is 0 Å². The Morgan fingerprint density at radius 1 is 1.50 bits per heavy atom. The number of rotatable bonds is 3. The van der Waals surface area contributed by atoms with Gasteiger partial charge in [0.2, 0.25) is 0 Å². The third kappa shape index (κ3) is 2.32. The van der Waals surface area contributed by atoms with Crippen LogP contribution in [0, 0.1) is 6.92 Å². The SMILES string of the molecule is Cc1ccsc1C(NN)c1cncc(Br)c1. The molecular weight excluding hydrogens is 286 g/mol. The lowest BCUT2D eigenvalue weighted by molar-refractivity contribution is 0.641. The maximum absolute atomic E-state index is 5.63. The third-order valence-electron chi connectivity index (χ3n) is 2.39. The van der Waals surface area contributed by atoms with E-state index in [0.717, 1.165) is 10.0 Å². The van der Waals surface area contributed by atoms with Gasteiger partial charge < -0.3 is 0 Å². The summed E-state index contributed by atoms with van der Waals surface area (Å²) >= 11 is 5.11. The highest BCUT2D eigenvalue weighted by atomic mass is 79.9. The molecule has 2 aromatic heterocycles. The molecule has 0 saturated carbocycles. The summed E-state index contributed by atoms with van der Waals surface area (Å²) in [5, 5.41) is 2.07. The summed E-state index contributed by atoms with van der Waals surface area (Å²) in [6.45, 7) is 2.08. The highest BCUT2D eigenvalue weighted by Crippen LogP contribution is 2.29. The number of aromatic nitrogens is 1. The lowest BCUT2D eigenvalue weighted by Gasteiger charge is -2.15. The van der Waals surface area contributed by atoms with Crippen LogP contribution in [0.4, 0.5) is 0 Å². The molecule has 3 N–H and O–H groups in total. The van der Waals surface area contributed by atoms with Crippen molar-refractivity contribution in [3.8, 4) is 0 Å². The van der Waals surface area contributed by atoms with Gasteiger partial charge in [-0.15, -0.1) is 11.3 Å². The van der Waals surface area contributed by atoms with Crippen LogP contribution in [0.1, 0.15) is 22.0 Å². The number of thiophene rings is 1. The summed E-state index contributed by atoms with van der Waals surface area (Å²) in [5.41, 5.74) is 5.14. The quantitative estimate of drug-likeness (QED) is 0.677. The zero-order valence-electron chi connectivity index (χ0n) is 8.77. The van der Waals surface area contributed by atoms with Crippen molar-refractivity contribution in [3.05, 3.63) is 50.4 Å². The van der Waals surface area contributed by atoms with Crippen molar-refractivity contribution in [1.82, 2.24) is 10.4 Å². The second kappa shape index (κ2) is 5.05. The van der Waals surface area contributed by atoms with Gasteiger partial charge in [0, 0.05) is 21.7 Å². The summed E-state index contributed by atoms with van der Waals surface area (Å²) < 4.78 is 0.958. The van der Waals surface area contributed by atoms with Crippen LogP contribution in [0.3, 0.4) is 0 Å². The molecule has 2 aromatic rings. The molecule has 0 radical (unpaired) electrons. The Bertz CT molecular complexity index is 484. The Hall–Kier alpha value is -0.750. The van der Waals surface area contributed by atoms with Crippen LogP contribution in [0.15, 0.2) is 34.4 Å². The van der Waals surface area contributed by atoms with E-state index in [2.05, 4.69) is 44.7 Å². The summed E-state index contributed by atoms with van der Waals surface area (Å²) in [4.78, 5) is 5.38. The highest BCUT2D eigenvalue weighted by molar-refractivity contribution is 9.10. The molecule has 1 unspecified atom stereocenters. The molecule has 0 aromatic carbocycles. The molecule has 5 heteroatoms. The van der Waals surface area contributed by atoms with Crippen molar-refractivity contribution in [2.24, 2.45) is 5.84 Å². The minimum Gasteiger partial charge on any atom is -0.271 e. The molecule has 0 aliphatic rings. The van der Waals surface area contributed by atoms with Crippen LogP contribution in [-0.4, -0.2) is 4.98 Å². The van der Waals surface area contributed by atoms with Gasteiger partial charge in [-0.25, -0.2) is 5.43 Å². The molecule has 0 fully saturated rings. The van der Waals surface area contributed by atoms with E-state index in [1.165, 1.54) is 10.4 Å². The zero-order valence-corrected chi connectivity index (χ0v) is 11.2. The summed E-state index contributed by atoms with van der Waals surface area (Å²) in [6.07, 6.45) is 3.59. The van der Waals surface area contributed by atoms with Crippen LogP contribution in [0.25, 0.3) is 0 Å². The van der Waals surface area contributed by atoms with Crippen LogP contribution in [0.2, 0.25) is 0 Å². The maximum Gasteiger partial charge on any atom is 0.0820 e. The first kappa shape index (κ1) is 11.7. The van der Waals surface area contributed by atoms with Crippen LogP contribution >= 0.6 is 27.3 Å². The molecule has 0 bridgehead atoms. The molecule has 3 nitrogen and oxygen atoms in total. The van der Waals surface area contributed by atoms with E-state index >= 15 is 0 Å². The molecule has 2 heterocycles. The Morgan fingerprint density at radius 3 is 2.88 bits per heavy atom. The molecule has 0 aliphatic heterocycles. The first-order valence-electron chi connectivity index (χ1n) is 4.83. The fourth-order valence-electron chi connectivity index (χ4n) is 1.59. The molecule has 16 heavy (non-hydrogen) atoms. The average Bonchev–Trinajstić information content (AvgIpc) is 2.67. The van der Waals surface area contributed by atoms with Crippen molar-refractivity contribution in [3.63, 3.8) is 0 Å². The van der Waals surface area contributed by atoms with Gasteiger partial charge in [0.05, 0.1) is 6.04 Å². The minimum atomic E-state index is 0.00463. The predicted molar refractivity (Wildman–Crippen MR) is 70.2 cm³/mol. The zero-order chi connectivity index (χ0) is 11.5. The summed E-state index contributed by atoms with van der Waals surface area (Å²) in [6, 6.07) is 4.12. The van der Waals surface area contributed by atoms with Crippen molar-refractivity contribution in [1.29, 1.82) is 0 Å². The Balaban J connectivity index is 2.40. The molecular formula is C11H12BrN3S. The maximum atomic E-state index is 5.63. The van der Waals surface area contributed by atoms with E-state index in [-0.39, 0.29) is 6.04 Å². The second-order valence-corrected chi connectivity index (χ2v) is 5.37. The minimum absolute atomic E-state index is 0.00463. The van der Waals surface area contributed by atoms with Gasteiger partial charge >= 0.3 is 0 Å². The number of hydrazine groups is 1. The molecule has 1 atom stereocenters. The molecule has 2 rings (SSSR count). The number of pyridine rings is 1. The van der Waals surface area contributed by atoms with E-state index in [1.54, 1.807) is 17.5 Å². The predicted octanol–water partition coefficient (Wildman–Crippen LogP) is 2.77. The van der Waals surface area contributed by atoms with Gasteiger partial charge in [-0.2, -0.15) is 0 Å². The average molecular weight is 298 g/mol. The first-order chi connectivity index (χ1) is 7.72. The number of nitrogens with two attached hydrogens (primary N) is 1. The number of hydrogen-bond donors (Lipinski definition) is 2. The largest absolute Gasteiger partial charge is 0.271 e. The summed E-state index contributed by atoms with van der Waals surface area (Å²) in [7, 11) is 0. The van der Waals surface area contributed by atoms with Crippen LogP contribution in [0.5, 0.6) is 0 Å². The highest BCUT2D eigenvalue weighted by Gasteiger charge is 2.16. The van der Waals surface area contributed by atoms with Gasteiger partial charge in [-0.3, -0.25) is 10.8 Å². The Morgan fingerprint density at radius 2 is 2.31 bits per heavy atom. The molecule has 0 spiro atoms. The van der Waals surface area contributed by atoms with Gasteiger partial charge in [0.25, 0.3) is 0 Å². The molecule has 84 valence electrons. The normalized spacial score (nSPS) is 12.7. The topological polar surface area (TPSA) is 50.9 Å². The number of nitrogens with one attached hydrogen (secondary N) is 1. The molecule has 0 amide bonds. The van der Waals surface area contributed by atoms with Crippen LogP contribution in [-0.2, 0) is 0 Å². The smallest absolute Gasteiger partial charge is 0.0820 e. The first-order valence-corrected chi connectivity index (χ1v) is 6.50. The number of halogens is 1. The number of hydrogen-bond acceptors (Lipinski definition) is 4. The van der Waals surface area contributed by atoms with E-state index in [0.29, 0.717) is 0 Å². The monoisotopic (exact) mass is 297 g/mol. The lowest BCUT2D eigenvalue weighted by Crippen LogP contribution is -2.28. The molecule has 0 saturated heterocycles. The summed E-state index contributed by atoms with van der Waals surface area (Å²) in [5.74, 6) is 5.63. The van der Waals surface area contributed by atoms with E-state index < -0.39 is 0 Å². The van der Waals surface area contributed by atoms with E-state index in [1.807, 2.05) is 12.3 Å². The fourth-order valence-corrected chi connectivity index (χ4v) is 2.99. The number of aryl methyl sites for hydroxylation is 1. The van der Waals surface area contributed by atoms with Crippen molar-refractivity contribution < 1.29 is 0 Å². The third-order valence-corrected chi connectivity index (χ3v) is 3.91. The Labute approximate surface area is 107 Å². The van der Waals surface area contributed by atoms with Gasteiger partial charge in [-0.05, 0) is 51.5 Å². The van der Waals surface area contributed by atoms with Gasteiger partial charge in [-0.1, -0.05) is 0 Å². The second-order valence-electron chi connectivity index (χ2n) is 3.50. The standard InChI is InChI=1S/C11H12BrN3S/c1-7-2-3-16-11(7)10(15-13)8-4-9(12)6-14-5-8/h2-6,10,15H,13H2,1H3. The molecule has 0 aliphatic carbocycles. The Kier molecular flexibility index (Phi) is 3.70. The van der Waals surface area contributed by atoms with Crippen molar-refractivity contribution in [2.75, 3.05) is 0 Å². The fraction of sp³-hybridized carbons (Fsp3) is 0.182. The van der Waals surface area contributed by atoms with Crippen LogP contribution < -0.4 is 11.3 Å². The lowest BCUT2D eigenvalue weighted by atomic mass is 10.1. The van der Waals surface area contributed by atoms with Gasteiger partial charge in [0.1, 0.15) is 0 Å². The van der Waals surface area contributed by atoms with Crippen molar-refractivity contribution in [2.45, 2.75) is 13.0 Å². The van der Waals surface area contributed by atoms with E-state index in [4.69, 9.17) is 5.84 Å².